The van der Waals surface area contributed by atoms with Crippen LogP contribution in [0.3, 0.4) is 0 Å². The standard InChI is InChI=1S/C22H27FN2O2/c23-18-3-1-17(2-4-18)20-21(27)24-5-6-25(20)19(26)13-22-10-14-7-15(11-22)9-16(8-14)12-22/h1-4,14-16,20H,5-13H2,(H,24,27). The number of nitrogens with zero attached hydrogens (tertiary/aromatic N) is 1. The number of rotatable bonds is 3. The first-order valence-corrected chi connectivity index (χ1v) is 10.3. The zero-order chi connectivity index (χ0) is 18.6. The lowest BCUT2D eigenvalue weighted by molar-refractivity contribution is -0.149. The minimum atomic E-state index is -0.638. The topological polar surface area (TPSA) is 49.4 Å². The van der Waals surface area contributed by atoms with Crippen molar-refractivity contribution in [3.63, 3.8) is 0 Å². The van der Waals surface area contributed by atoms with E-state index in [1.165, 1.54) is 50.7 Å². The van der Waals surface area contributed by atoms with Gasteiger partial charge >= 0.3 is 0 Å². The lowest BCUT2D eigenvalue weighted by atomic mass is 9.49. The first-order chi connectivity index (χ1) is 13.0. The first-order valence-electron chi connectivity index (χ1n) is 10.3. The minimum Gasteiger partial charge on any atom is -0.352 e. The maximum absolute atomic E-state index is 13.4. The van der Waals surface area contributed by atoms with Crippen molar-refractivity contribution >= 4 is 11.8 Å². The van der Waals surface area contributed by atoms with Gasteiger partial charge in [0.15, 0.2) is 0 Å². The highest BCUT2D eigenvalue weighted by molar-refractivity contribution is 5.90. The van der Waals surface area contributed by atoms with Crippen molar-refractivity contribution < 1.29 is 14.0 Å². The Balaban J connectivity index is 1.38. The van der Waals surface area contributed by atoms with Crippen molar-refractivity contribution in [3.8, 4) is 0 Å². The van der Waals surface area contributed by atoms with E-state index in [1.54, 1.807) is 17.0 Å². The number of carbonyl (C=O) groups is 2. The highest BCUT2D eigenvalue weighted by Gasteiger charge is 2.52. The van der Waals surface area contributed by atoms with E-state index in [0.717, 1.165) is 17.8 Å². The Hall–Kier alpha value is -1.91. The van der Waals surface area contributed by atoms with E-state index in [9.17, 15) is 14.0 Å². The average Bonchev–Trinajstić information content (AvgIpc) is 2.61. The number of amides is 2. The van der Waals surface area contributed by atoms with Gasteiger partial charge < -0.3 is 10.2 Å². The third kappa shape index (κ3) is 3.05. The zero-order valence-electron chi connectivity index (χ0n) is 15.6. The molecular weight excluding hydrogens is 343 g/mol. The van der Waals surface area contributed by atoms with Crippen LogP contribution in [0.5, 0.6) is 0 Å². The van der Waals surface area contributed by atoms with Crippen molar-refractivity contribution in [1.82, 2.24) is 10.2 Å². The summed E-state index contributed by atoms with van der Waals surface area (Å²) in [5.41, 5.74) is 0.847. The van der Waals surface area contributed by atoms with Crippen LogP contribution in [0.4, 0.5) is 4.39 Å². The maximum Gasteiger partial charge on any atom is 0.247 e. The molecule has 1 aromatic carbocycles. The summed E-state index contributed by atoms with van der Waals surface area (Å²) in [6.45, 7) is 1.02. The summed E-state index contributed by atoms with van der Waals surface area (Å²) in [4.78, 5) is 27.7. The molecule has 1 saturated heterocycles. The van der Waals surface area contributed by atoms with Gasteiger partial charge in [-0.05, 0) is 79.4 Å². The molecule has 1 N–H and O–H groups in total. The molecule has 0 radical (unpaired) electrons. The summed E-state index contributed by atoms with van der Waals surface area (Å²) in [6.07, 6.45) is 8.21. The smallest absolute Gasteiger partial charge is 0.247 e. The molecule has 5 heteroatoms. The molecule has 4 saturated carbocycles. The van der Waals surface area contributed by atoms with Gasteiger partial charge in [0.05, 0.1) is 0 Å². The van der Waals surface area contributed by atoms with E-state index in [0.29, 0.717) is 25.1 Å². The van der Waals surface area contributed by atoms with Crippen LogP contribution in [0, 0.1) is 29.0 Å². The summed E-state index contributed by atoms with van der Waals surface area (Å²) in [6, 6.07) is 5.32. The monoisotopic (exact) mass is 370 g/mol. The van der Waals surface area contributed by atoms with Gasteiger partial charge in [0.1, 0.15) is 11.9 Å². The Bertz CT molecular complexity index is 725. The molecule has 2 amide bonds. The van der Waals surface area contributed by atoms with Crippen molar-refractivity contribution in [3.05, 3.63) is 35.6 Å². The van der Waals surface area contributed by atoms with Gasteiger partial charge in [-0.15, -0.1) is 0 Å². The van der Waals surface area contributed by atoms with Gasteiger partial charge in [0.2, 0.25) is 11.8 Å². The molecule has 4 bridgehead atoms. The number of benzene rings is 1. The van der Waals surface area contributed by atoms with Crippen LogP contribution in [-0.4, -0.2) is 29.8 Å². The van der Waals surface area contributed by atoms with Crippen LogP contribution in [0.2, 0.25) is 0 Å². The molecule has 144 valence electrons. The largest absolute Gasteiger partial charge is 0.352 e. The second kappa shape index (κ2) is 6.32. The SMILES string of the molecule is O=C1NCCN(C(=O)CC23CC4CC(CC(C4)C2)C3)C1c1ccc(F)cc1. The van der Waals surface area contributed by atoms with Crippen molar-refractivity contribution in [2.75, 3.05) is 13.1 Å². The third-order valence-corrected chi connectivity index (χ3v) is 7.41. The first kappa shape index (κ1) is 17.2. The molecule has 1 heterocycles. The van der Waals surface area contributed by atoms with Gasteiger partial charge in [-0.1, -0.05) is 12.1 Å². The molecule has 1 aromatic rings. The number of piperazine rings is 1. The lowest BCUT2D eigenvalue weighted by Gasteiger charge is -2.57. The van der Waals surface area contributed by atoms with Crippen molar-refractivity contribution in [1.29, 1.82) is 0 Å². The fourth-order valence-electron chi connectivity index (χ4n) is 6.84. The second-order valence-corrected chi connectivity index (χ2v) is 9.43. The van der Waals surface area contributed by atoms with E-state index >= 15 is 0 Å². The van der Waals surface area contributed by atoms with Crippen LogP contribution in [0.15, 0.2) is 24.3 Å². The summed E-state index contributed by atoms with van der Waals surface area (Å²) in [5.74, 6) is 2.03. The molecule has 1 atom stereocenters. The van der Waals surface area contributed by atoms with Crippen LogP contribution in [0.1, 0.15) is 56.6 Å². The molecule has 27 heavy (non-hydrogen) atoms. The molecule has 0 aromatic heterocycles. The molecular formula is C22H27FN2O2. The van der Waals surface area contributed by atoms with Crippen LogP contribution in [-0.2, 0) is 9.59 Å². The van der Waals surface area contributed by atoms with E-state index < -0.39 is 6.04 Å². The van der Waals surface area contributed by atoms with Gasteiger partial charge in [-0.2, -0.15) is 0 Å². The normalized spacial score (nSPS) is 37.4. The Morgan fingerprint density at radius 1 is 1.07 bits per heavy atom. The van der Waals surface area contributed by atoms with E-state index in [4.69, 9.17) is 0 Å². The second-order valence-electron chi connectivity index (χ2n) is 9.43. The number of hydrogen-bond donors (Lipinski definition) is 1. The highest BCUT2D eigenvalue weighted by atomic mass is 19.1. The fourth-order valence-corrected chi connectivity index (χ4v) is 6.84. The number of nitrogens with one attached hydrogen (secondary N) is 1. The maximum atomic E-state index is 13.4. The summed E-state index contributed by atoms with van der Waals surface area (Å²) >= 11 is 0. The third-order valence-electron chi connectivity index (χ3n) is 7.41. The fraction of sp³-hybridized carbons (Fsp3) is 0.636. The molecule has 0 spiro atoms. The van der Waals surface area contributed by atoms with Crippen LogP contribution < -0.4 is 5.32 Å². The number of carbonyl (C=O) groups excluding carboxylic acids is 2. The van der Waals surface area contributed by atoms with Gasteiger partial charge in [-0.3, -0.25) is 9.59 Å². The molecule has 4 nitrogen and oxygen atoms in total. The van der Waals surface area contributed by atoms with Gasteiger partial charge in [0.25, 0.3) is 0 Å². The minimum absolute atomic E-state index is 0.0983. The van der Waals surface area contributed by atoms with E-state index in [2.05, 4.69) is 5.32 Å². The number of hydrogen-bond acceptors (Lipinski definition) is 2. The average molecular weight is 370 g/mol. The Kier molecular flexibility index (Phi) is 4.03. The van der Waals surface area contributed by atoms with Gasteiger partial charge in [0, 0.05) is 19.5 Å². The van der Waals surface area contributed by atoms with Crippen molar-refractivity contribution in [2.45, 2.75) is 51.0 Å². The zero-order valence-corrected chi connectivity index (χ0v) is 15.6. The van der Waals surface area contributed by atoms with Gasteiger partial charge in [-0.25, -0.2) is 4.39 Å². The predicted octanol–water partition coefficient (Wildman–Crippen LogP) is 3.43. The molecule has 4 aliphatic carbocycles. The Labute approximate surface area is 159 Å². The Morgan fingerprint density at radius 2 is 1.67 bits per heavy atom. The number of halogens is 1. The summed E-state index contributed by atoms with van der Waals surface area (Å²) in [7, 11) is 0. The van der Waals surface area contributed by atoms with E-state index in [-0.39, 0.29) is 23.0 Å². The van der Waals surface area contributed by atoms with Crippen molar-refractivity contribution in [2.24, 2.45) is 23.2 Å². The van der Waals surface area contributed by atoms with Crippen LogP contribution in [0.25, 0.3) is 0 Å². The predicted molar refractivity (Wildman–Crippen MR) is 99.1 cm³/mol. The molecule has 1 aliphatic heterocycles. The molecule has 6 rings (SSSR count). The van der Waals surface area contributed by atoms with E-state index in [1.807, 2.05) is 0 Å². The quantitative estimate of drug-likeness (QED) is 0.886. The lowest BCUT2D eigenvalue weighted by Crippen LogP contribution is -2.54. The van der Waals surface area contributed by atoms with Crippen LogP contribution >= 0.6 is 0 Å². The highest BCUT2D eigenvalue weighted by Crippen LogP contribution is 2.61. The molecule has 1 unspecified atom stereocenters. The summed E-state index contributed by atoms with van der Waals surface area (Å²) < 4.78 is 13.3. The molecule has 5 fully saturated rings. The Morgan fingerprint density at radius 3 is 2.26 bits per heavy atom. The molecule has 5 aliphatic rings. The summed E-state index contributed by atoms with van der Waals surface area (Å²) in [5, 5.41) is 2.86.